The summed E-state index contributed by atoms with van der Waals surface area (Å²) in [5, 5.41) is 9.06. The number of nitrogens with one attached hydrogen (secondary N) is 3. The highest BCUT2D eigenvalue weighted by atomic mass is 127. The maximum atomic E-state index is 12.1. The number of para-hydroxylation sites is 1. The topological polar surface area (TPSA) is 84.0 Å². The number of benzene rings is 2. The minimum Gasteiger partial charge on any atom is -0.491 e. The largest absolute Gasteiger partial charge is 0.491 e. The molecule has 0 unspecified atom stereocenters. The molecule has 0 atom stereocenters. The standard InChI is InChI=1S/C22H30N4O3.HI/c1-4-28-12-13-29-20-14-17(2)10-11-18(20)15-24-22(23-3)25-16-21(27)26-19-8-6-5-7-9-19;/h5-11,14H,4,12-13,15-16H2,1-3H3,(H,26,27)(H2,23,24,25);1H. The molecule has 2 rings (SSSR count). The lowest BCUT2D eigenvalue weighted by atomic mass is 10.1. The number of amides is 1. The molecule has 0 radical (unpaired) electrons. The number of guanidine groups is 1. The normalized spacial score (nSPS) is 10.7. The molecular weight excluding hydrogens is 495 g/mol. The van der Waals surface area contributed by atoms with Gasteiger partial charge in [-0.1, -0.05) is 30.3 Å². The maximum absolute atomic E-state index is 12.1. The third-order valence-electron chi connectivity index (χ3n) is 4.06. The number of hydrogen-bond acceptors (Lipinski definition) is 4. The second-order valence-electron chi connectivity index (χ2n) is 6.35. The number of hydrogen-bond donors (Lipinski definition) is 3. The molecule has 0 spiro atoms. The van der Waals surface area contributed by atoms with Gasteiger partial charge in [0, 0.05) is 31.5 Å². The molecule has 0 fully saturated rings. The van der Waals surface area contributed by atoms with E-state index in [2.05, 4.69) is 20.9 Å². The Kier molecular flexibility index (Phi) is 12.5. The lowest BCUT2D eigenvalue weighted by molar-refractivity contribution is -0.115. The number of rotatable bonds is 10. The Morgan fingerprint density at radius 3 is 2.53 bits per heavy atom. The Balaban J connectivity index is 0.00000450. The molecule has 8 heteroatoms. The van der Waals surface area contributed by atoms with Crippen LogP contribution < -0.4 is 20.7 Å². The van der Waals surface area contributed by atoms with E-state index >= 15 is 0 Å². The van der Waals surface area contributed by atoms with Gasteiger partial charge in [-0.3, -0.25) is 9.79 Å². The lowest BCUT2D eigenvalue weighted by Crippen LogP contribution is -2.41. The van der Waals surface area contributed by atoms with Crippen molar-refractivity contribution in [1.29, 1.82) is 0 Å². The number of anilines is 1. The van der Waals surface area contributed by atoms with Gasteiger partial charge in [0.25, 0.3) is 0 Å². The number of halogens is 1. The molecule has 0 saturated carbocycles. The van der Waals surface area contributed by atoms with E-state index in [4.69, 9.17) is 9.47 Å². The van der Waals surface area contributed by atoms with Gasteiger partial charge in [-0.05, 0) is 37.6 Å². The fourth-order valence-corrected chi connectivity index (χ4v) is 2.59. The summed E-state index contributed by atoms with van der Waals surface area (Å²) in [4.78, 5) is 16.3. The van der Waals surface area contributed by atoms with E-state index in [1.54, 1.807) is 7.05 Å². The lowest BCUT2D eigenvalue weighted by Gasteiger charge is -2.15. The predicted molar refractivity (Wildman–Crippen MR) is 132 cm³/mol. The van der Waals surface area contributed by atoms with Crippen molar-refractivity contribution < 1.29 is 14.3 Å². The van der Waals surface area contributed by atoms with Crippen LogP contribution in [0.2, 0.25) is 0 Å². The quantitative estimate of drug-likeness (QED) is 0.192. The molecule has 7 nitrogen and oxygen atoms in total. The van der Waals surface area contributed by atoms with Crippen molar-refractivity contribution in [3.8, 4) is 5.75 Å². The van der Waals surface area contributed by atoms with E-state index in [1.807, 2.05) is 62.4 Å². The van der Waals surface area contributed by atoms with Crippen LogP contribution in [0.5, 0.6) is 5.75 Å². The van der Waals surface area contributed by atoms with Crippen molar-refractivity contribution in [3.05, 3.63) is 59.7 Å². The first kappa shape index (κ1) is 25.7. The smallest absolute Gasteiger partial charge is 0.243 e. The maximum Gasteiger partial charge on any atom is 0.243 e. The summed E-state index contributed by atoms with van der Waals surface area (Å²) >= 11 is 0. The summed E-state index contributed by atoms with van der Waals surface area (Å²) in [5.41, 5.74) is 2.89. The minimum absolute atomic E-state index is 0. The van der Waals surface area contributed by atoms with E-state index in [-0.39, 0.29) is 36.4 Å². The van der Waals surface area contributed by atoms with Gasteiger partial charge < -0.3 is 25.4 Å². The molecule has 30 heavy (non-hydrogen) atoms. The third kappa shape index (κ3) is 9.45. The molecule has 0 saturated heterocycles. The van der Waals surface area contributed by atoms with Gasteiger partial charge in [0.2, 0.25) is 5.91 Å². The van der Waals surface area contributed by atoms with Crippen molar-refractivity contribution >= 4 is 41.5 Å². The Hall–Kier alpha value is -2.33. The van der Waals surface area contributed by atoms with Crippen LogP contribution in [-0.2, 0) is 16.1 Å². The average Bonchev–Trinajstić information content (AvgIpc) is 2.73. The highest BCUT2D eigenvalue weighted by molar-refractivity contribution is 14.0. The van der Waals surface area contributed by atoms with E-state index in [0.717, 1.165) is 22.6 Å². The zero-order valence-electron chi connectivity index (χ0n) is 17.7. The van der Waals surface area contributed by atoms with Crippen molar-refractivity contribution in [2.24, 2.45) is 4.99 Å². The van der Waals surface area contributed by atoms with Gasteiger partial charge in [-0.25, -0.2) is 0 Å². The van der Waals surface area contributed by atoms with Gasteiger partial charge in [-0.2, -0.15) is 0 Å². The Morgan fingerprint density at radius 2 is 1.83 bits per heavy atom. The number of aliphatic imine (C=N–C) groups is 1. The highest BCUT2D eigenvalue weighted by Gasteiger charge is 2.08. The van der Waals surface area contributed by atoms with Crippen LogP contribution in [0, 0.1) is 6.92 Å². The first-order valence-corrected chi connectivity index (χ1v) is 9.72. The second-order valence-corrected chi connectivity index (χ2v) is 6.35. The van der Waals surface area contributed by atoms with Gasteiger partial charge in [0.05, 0.1) is 13.2 Å². The van der Waals surface area contributed by atoms with E-state index in [1.165, 1.54) is 0 Å². The van der Waals surface area contributed by atoms with E-state index in [9.17, 15) is 4.79 Å². The van der Waals surface area contributed by atoms with E-state index in [0.29, 0.717) is 32.3 Å². The van der Waals surface area contributed by atoms with Crippen molar-refractivity contribution in [2.45, 2.75) is 20.4 Å². The summed E-state index contributed by atoms with van der Waals surface area (Å²) in [6.07, 6.45) is 0. The monoisotopic (exact) mass is 526 g/mol. The molecule has 0 aromatic heterocycles. The van der Waals surface area contributed by atoms with Crippen LogP contribution >= 0.6 is 24.0 Å². The van der Waals surface area contributed by atoms with Gasteiger partial charge in [0.15, 0.2) is 5.96 Å². The Bertz CT molecular complexity index is 800. The van der Waals surface area contributed by atoms with Crippen molar-refractivity contribution in [1.82, 2.24) is 10.6 Å². The van der Waals surface area contributed by atoms with Gasteiger partial charge >= 0.3 is 0 Å². The number of ether oxygens (including phenoxy) is 2. The first-order valence-electron chi connectivity index (χ1n) is 9.72. The van der Waals surface area contributed by atoms with Crippen LogP contribution in [0.1, 0.15) is 18.1 Å². The number of aryl methyl sites for hydroxylation is 1. The first-order chi connectivity index (χ1) is 14.1. The molecule has 0 aliphatic carbocycles. The predicted octanol–water partition coefficient (Wildman–Crippen LogP) is 3.33. The molecule has 1 amide bonds. The summed E-state index contributed by atoms with van der Waals surface area (Å²) in [6.45, 7) is 6.34. The summed E-state index contributed by atoms with van der Waals surface area (Å²) in [5.74, 6) is 1.21. The van der Waals surface area contributed by atoms with Gasteiger partial charge in [0.1, 0.15) is 12.4 Å². The SMILES string of the molecule is CCOCCOc1cc(C)ccc1CNC(=NC)NCC(=O)Nc1ccccc1.I. The molecule has 0 heterocycles. The van der Waals surface area contributed by atoms with E-state index < -0.39 is 0 Å². The summed E-state index contributed by atoms with van der Waals surface area (Å²) in [7, 11) is 1.67. The van der Waals surface area contributed by atoms with Crippen LogP contribution in [0.15, 0.2) is 53.5 Å². The molecule has 0 aliphatic rings. The van der Waals surface area contributed by atoms with Crippen LogP contribution in [0.25, 0.3) is 0 Å². The highest BCUT2D eigenvalue weighted by Crippen LogP contribution is 2.20. The molecule has 3 N–H and O–H groups in total. The van der Waals surface area contributed by atoms with Crippen LogP contribution in [-0.4, -0.2) is 45.3 Å². The molecule has 164 valence electrons. The second kappa shape index (κ2) is 14.6. The third-order valence-corrected chi connectivity index (χ3v) is 4.06. The fourth-order valence-electron chi connectivity index (χ4n) is 2.59. The molecule has 2 aromatic carbocycles. The Labute approximate surface area is 195 Å². The Morgan fingerprint density at radius 1 is 1.07 bits per heavy atom. The zero-order valence-corrected chi connectivity index (χ0v) is 20.1. The molecular formula is C22H31IN4O3. The summed E-state index contributed by atoms with van der Waals surface area (Å²) < 4.78 is 11.2. The van der Waals surface area contributed by atoms with Gasteiger partial charge in [-0.15, -0.1) is 24.0 Å². The fraction of sp³-hybridized carbons (Fsp3) is 0.364. The number of carbonyl (C=O) groups excluding carboxylic acids is 1. The summed E-state index contributed by atoms with van der Waals surface area (Å²) in [6, 6.07) is 15.4. The molecule has 0 aliphatic heterocycles. The zero-order chi connectivity index (χ0) is 20.9. The molecule has 2 aromatic rings. The van der Waals surface area contributed by atoms with Crippen molar-refractivity contribution in [3.63, 3.8) is 0 Å². The molecule has 0 bridgehead atoms. The minimum atomic E-state index is -0.144. The van der Waals surface area contributed by atoms with Crippen LogP contribution in [0.4, 0.5) is 5.69 Å². The number of nitrogens with zero attached hydrogens (tertiary/aromatic N) is 1. The van der Waals surface area contributed by atoms with Crippen molar-refractivity contribution in [2.75, 3.05) is 38.7 Å². The average molecular weight is 526 g/mol. The number of carbonyl (C=O) groups is 1. The van der Waals surface area contributed by atoms with Crippen LogP contribution in [0.3, 0.4) is 0 Å².